The number of para-hydroxylation sites is 1. The minimum absolute atomic E-state index is 0.119. The van der Waals surface area contributed by atoms with Gasteiger partial charge in [0.1, 0.15) is 35.4 Å². The second-order valence-electron chi connectivity index (χ2n) is 6.57. The van der Waals surface area contributed by atoms with Crippen LogP contribution in [0.2, 0.25) is 0 Å². The lowest BCUT2D eigenvalue weighted by molar-refractivity contribution is 0.0768. The molecule has 0 aliphatic heterocycles. The molecule has 0 radical (unpaired) electrons. The molecule has 3 rings (SSSR count). The molecule has 146 valence electrons. The number of nitrogens with zero attached hydrogens (tertiary/aromatic N) is 2. The van der Waals surface area contributed by atoms with Crippen molar-refractivity contribution >= 4 is 17.2 Å². The Morgan fingerprint density at radius 3 is 2.57 bits per heavy atom. The quantitative estimate of drug-likeness (QED) is 0.563. The van der Waals surface area contributed by atoms with Gasteiger partial charge in [0.2, 0.25) is 0 Å². The number of amides is 1. The summed E-state index contributed by atoms with van der Waals surface area (Å²) in [6.45, 7) is 5.30. The Kier molecular flexibility index (Phi) is 6.66. The van der Waals surface area contributed by atoms with E-state index in [0.717, 1.165) is 22.1 Å². The molecule has 1 aromatic heterocycles. The summed E-state index contributed by atoms with van der Waals surface area (Å²) in [5.41, 5.74) is 2.70. The van der Waals surface area contributed by atoms with E-state index < -0.39 is 0 Å². The summed E-state index contributed by atoms with van der Waals surface area (Å²) >= 11 is 1.43. The van der Waals surface area contributed by atoms with Crippen molar-refractivity contribution in [2.45, 2.75) is 20.5 Å². The molecule has 0 N–H and O–H groups in total. The van der Waals surface area contributed by atoms with E-state index in [1.807, 2.05) is 62.4 Å². The lowest BCUT2D eigenvalue weighted by Gasteiger charge is -2.17. The predicted octanol–water partition coefficient (Wildman–Crippen LogP) is 4.49. The summed E-state index contributed by atoms with van der Waals surface area (Å²) in [6, 6.07) is 15.7. The van der Waals surface area contributed by atoms with E-state index in [1.54, 1.807) is 17.3 Å². The van der Waals surface area contributed by atoms with E-state index in [1.165, 1.54) is 16.9 Å². The molecule has 28 heavy (non-hydrogen) atoms. The highest BCUT2D eigenvalue weighted by Gasteiger charge is 2.16. The number of ether oxygens (including phenoxy) is 2. The summed E-state index contributed by atoms with van der Waals surface area (Å²) in [5.74, 6) is 1.51. The lowest BCUT2D eigenvalue weighted by Crippen LogP contribution is -2.31. The molecule has 0 spiro atoms. The SMILES string of the molecule is Cc1ccc(OCc2nc(C(=O)N(C)CCOc3ccccc3C)cs2)cc1. The summed E-state index contributed by atoms with van der Waals surface area (Å²) in [6.07, 6.45) is 0. The third kappa shape index (κ3) is 5.33. The zero-order valence-electron chi connectivity index (χ0n) is 16.3. The molecule has 0 bridgehead atoms. The summed E-state index contributed by atoms with van der Waals surface area (Å²) in [5, 5.41) is 2.54. The number of aryl methyl sites for hydroxylation is 2. The number of likely N-dealkylation sites (N-methyl/N-ethyl adjacent to an activating group) is 1. The maximum atomic E-state index is 12.6. The number of thiazole rings is 1. The Hall–Kier alpha value is -2.86. The fourth-order valence-corrected chi connectivity index (χ4v) is 3.24. The molecular formula is C22H24N2O3S. The van der Waals surface area contributed by atoms with E-state index in [-0.39, 0.29) is 5.91 Å². The molecule has 1 heterocycles. The number of hydrogen-bond donors (Lipinski definition) is 0. The zero-order chi connectivity index (χ0) is 19.9. The van der Waals surface area contributed by atoms with Crippen molar-refractivity contribution in [1.82, 2.24) is 9.88 Å². The highest BCUT2D eigenvalue weighted by Crippen LogP contribution is 2.18. The first-order valence-corrected chi connectivity index (χ1v) is 9.98. The average Bonchev–Trinajstić information content (AvgIpc) is 3.17. The van der Waals surface area contributed by atoms with E-state index >= 15 is 0 Å². The van der Waals surface area contributed by atoms with Crippen LogP contribution in [0.15, 0.2) is 53.9 Å². The van der Waals surface area contributed by atoms with Crippen LogP contribution in [0.4, 0.5) is 0 Å². The van der Waals surface area contributed by atoms with Crippen molar-refractivity contribution in [2.75, 3.05) is 20.2 Å². The van der Waals surface area contributed by atoms with Crippen molar-refractivity contribution in [1.29, 1.82) is 0 Å². The molecule has 0 unspecified atom stereocenters. The van der Waals surface area contributed by atoms with Crippen molar-refractivity contribution < 1.29 is 14.3 Å². The molecule has 2 aromatic carbocycles. The first kappa shape index (κ1) is 19.9. The van der Waals surface area contributed by atoms with Gasteiger partial charge in [-0.1, -0.05) is 35.9 Å². The number of hydrogen-bond acceptors (Lipinski definition) is 5. The zero-order valence-corrected chi connectivity index (χ0v) is 17.2. The van der Waals surface area contributed by atoms with Gasteiger partial charge in [-0.2, -0.15) is 0 Å². The highest BCUT2D eigenvalue weighted by atomic mass is 32.1. The Labute approximate surface area is 169 Å². The summed E-state index contributed by atoms with van der Waals surface area (Å²) in [7, 11) is 1.76. The molecular weight excluding hydrogens is 372 g/mol. The van der Waals surface area contributed by atoms with Gasteiger partial charge in [0.05, 0.1) is 6.54 Å². The molecule has 0 fully saturated rings. The van der Waals surface area contributed by atoms with Gasteiger partial charge >= 0.3 is 0 Å². The van der Waals surface area contributed by atoms with Gasteiger partial charge in [-0.05, 0) is 37.6 Å². The van der Waals surface area contributed by atoms with E-state index in [4.69, 9.17) is 9.47 Å². The molecule has 0 aliphatic carbocycles. The topological polar surface area (TPSA) is 51.7 Å². The molecule has 0 atom stereocenters. The monoisotopic (exact) mass is 396 g/mol. The molecule has 3 aromatic rings. The van der Waals surface area contributed by atoms with Crippen LogP contribution >= 0.6 is 11.3 Å². The lowest BCUT2D eigenvalue weighted by atomic mass is 10.2. The minimum atomic E-state index is -0.119. The van der Waals surface area contributed by atoms with Crippen LogP contribution < -0.4 is 9.47 Å². The predicted molar refractivity (Wildman–Crippen MR) is 111 cm³/mol. The fourth-order valence-electron chi connectivity index (χ4n) is 2.56. The van der Waals surface area contributed by atoms with Gasteiger partial charge in [0.15, 0.2) is 0 Å². The van der Waals surface area contributed by atoms with Gasteiger partial charge in [0.25, 0.3) is 5.91 Å². The van der Waals surface area contributed by atoms with Crippen LogP contribution in [0.1, 0.15) is 26.6 Å². The number of carbonyl (C=O) groups excluding carboxylic acids is 1. The van der Waals surface area contributed by atoms with Crippen LogP contribution in [-0.4, -0.2) is 36.0 Å². The number of benzene rings is 2. The molecule has 5 nitrogen and oxygen atoms in total. The summed E-state index contributed by atoms with van der Waals surface area (Å²) < 4.78 is 11.5. The third-order valence-electron chi connectivity index (χ3n) is 4.28. The van der Waals surface area contributed by atoms with Crippen molar-refractivity contribution in [3.8, 4) is 11.5 Å². The van der Waals surface area contributed by atoms with E-state index in [0.29, 0.717) is 25.5 Å². The number of aromatic nitrogens is 1. The smallest absolute Gasteiger partial charge is 0.273 e. The van der Waals surface area contributed by atoms with Gasteiger partial charge in [-0.15, -0.1) is 11.3 Å². The van der Waals surface area contributed by atoms with Gasteiger partial charge in [0, 0.05) is 12.4 Å². The minimum Gasteiger partial charge on any atom is -0.491 e. The Morgan fingerprint density at radius 2 is 1.82 bits per heavy atom. The third-order valence-corrected chi connectivity index (χ3v) is 5.10. The maximum Gasteiger partial charge on any atom is 0.273 e. The van der Waals surface area contributed by atoms with Gasteiger partial charge < -0.3 is 14.4 Å². The van der Waals surface area contributed by atoms with E-state index in [2.05, 4.69) is 4.98 Å². The Bertz CT molecular complexity index is 922. The Balaban J connectivity index is 1.48. The van der Waals surface area contributed by atoms with E-state index in [9.17, 15) is 4.79 Å². The standard InChI is InChI=1S/C22H24N2O3S/c1-16-8-10-18(11-9-16)27-14-21-23-19(15-28-21)22(25)24(3)12-13-26-20-7-5-4-6-17(20)2/h4-11,15H,12-14H2,1-3H3. The molecule has 0 aliphatic rings. The first-order valence-electron chi connectivity index (χ1n) is 9.10. The van der Waals surface area contributed by atoms with Crippen LogP contribution in [0.5, 0.6) is 11.5 Å². The molecule has 0 saturated heterocycles. The molecule has 6 heteroatoms. The second-order valence-corrected chi connectivity index (χ2v) is 7.51. The van der Waals surface area contributed by atoms with Crippen molar-refractivity contribution in [3.05, 3.63) is 75.7 Å². The molecule has 1 amide bonds. The first-order chi connectivity index (χ1) is 13.5. The fraction of sp³-hybridized carbons (Fsp3) is 0.273. The maximum absolute atomic E-state index is 12.6. The van der Waals surface area contributed by atoms with Gasteiger partial charge in [-0.25, -0.2) is 4.98 Å². The normalized spacial score (nSPS) is 10.5. The van der Waals surface area contributed by atoms with Crippen molar-refractivity contribution in [2.24, 2.45) is 0 Å². The average molecular weight is 397 g/mol. The molecule has 0 saturated carbocycles. The Morgan fingerprint density at radius 1 is 1.07 bits per heavy atom. The van der Waals surface area contributed by atoms with Crippen LogP contribution in [0.3, 0.4) is 0 Å². The van der Waals surface area contributed by atoms with Gasteiger partial charge in [-0.3, -0.25) is 4.79 Å². The van der Waals surface area contributed by atoms with Crippen LogP contribution in [0, 0.1) is 13.8 Å². The summed E-state index contributed by atoms with van der Waals surface area (Å²) in [4.78, 5) is 18.6. The second kappa shape index (κ2) is 9.37. The van der Waals surface area contributed by atoms with Crippen molar-refractivity contribution in [3.63, 3.8) is 0 Å². The van der Waals surface area contributed by atoms with Crippen LogP contribution in [-0.2, 0) is 6.61 Å². The van der Waals surface area contributed by atoms with Crippen LogP contribution in [0.25, 0.3) is 0 Å². The number of rotatable bonds is 8. The largest absolute Gasteiger partial charge is 0.491 e. The highest BCUT2D eigenvalue weighted by molar-refractivity contribution is 7.09. The number of carbonyl (C=O) groups is 1.